The second-order valence-electron chi connectivity index (χ2n) is 6.04. The van der Waals surface area contributed by atoms with Gasteiger partial charge in [0.2, 0.25) is 5.95 Å². The predicted octanol–water partition coefficient (Wildman–Crippen LogP) is 4.93. The smallest absolute Gasteiger partial charge is 0.267 e. The van der Waals surface area contributed by atoms with Gasteiger partial charge in [0.1, 0.15) is 11.6 Å². The van der Waals surface area contributed by atoms with Crippen LogP contribution in [-0.2, 0) is 0 Å². The molecule has 7 heteroatoms. The number of halogens is 2. The molecule has 28 heavy (non-hydrogen) atoms. The maximum Gasteiger partial charge on any atom is 0.267 e. The summed E-state index contributed by atoms with van der Waals surface area (Å²) in [7, 11) is 1.54. The molecule has 0 spiro atoms. The highest BCUT2D eigenvalue weighted by atomic mass is 35.5. The number of ether oxygens (including phenoxy) is 1. The van der Waals surface area contributed by atoms with E-state index in [-0.39, 0.29) is 16.5 Å². The van der Waals surface area contributed by atoms with Crippen LogP contribution in [0.3, 0.4) is 0 Å². The normalized spacial score (nSPS) is 10.8. The first-order chi connectivity index (χ1) is 13.6. The van der Waals surface area contributed by atoms with Gasteiger partial charge in [0.25, 0.3) is 5.56 Å². The molecule has 5 nitrogen and oxygen atoms in total. The number of hydrogen-bond donors (Lipinski definition) is 1. The van der Waals surface area contributed by atoms with E-state index < -0.39 is 5.82 Å². The monoisotopic (exact) mass is 395 g/mol. The Balaban J connectivity index is 1.97. The van der Waals surface area contributed by atoms with Crippen molar-refractivity contribution in [3.8, 4) is 11.4 Å². The molecular formula is C21H15ClFN3O2. The van der Waals surface area contributed by atoms with Crippen LogP contribution in [0.15, 0.2) is 71.5 Å². The Bertz CT molecular complexity index is 1230. The number of hydrogen-bond acceptors (Lipinski definition) is 4. The molecule has 0 radical (unpaired) electrons. The topological polar surface area (TPSA) is 56.1 Å². The second kappa shape index (κ2) is 7.32. The molecule has 3 aromatic carbocycles. The van der Waals surface area contributed by atoms with Gasteiger partial charge in [-0.25, -0.2) is 13.9 Å². The Hall–Kier alpha value is -3.38. The number of fused-ring (bicyclic) bond motifs is 1. The summed E-state index contributed by atoms with van der Waals surface area (Å²) in [4.78, 5) is 17.9. The molecule has 140 valence electrons. The lowest BCUT2D eigenvalue weighted by molar-refractivity contribution is 0.415. The summed E-state index contributed by atoms with van der Waals surface area (Å²) in [5.41, 5.74) is 1.30. The van der Waals surface area contributed by atoms with Gasteiger partial charge in [-0.15, -0.1) is 0 Å². The van der Waals surface area contributed by atoms with Crippen LogP contribution >= 0.6 is 11.6 Å². The van der Waals surface area contributed by atoms with E-state index in [4.69, 9.17) is 16.3 Å². The van der Waals surface area contributed by atoms with Gasteiger partial charge in [-0.1, -0.05) is 29.8 Å². The van der Waals surface area contributed by atoms with Crippen LogP contribution in [0.25, 0.3) is 16.6 Å². The predicted molar refractivity (Wildman–Crippen MR) is 109 cm³/mol. The number of methoxy groups -OCH3 is 1. The molecule has 4 aromatic rings. The molecule has 0 amide bonds. The first-order valence-electron chi connectivity index (χ1n) is 8.45. The summed E-state index contributed by atoms with van der Waals surface area (Å²) in [6, 6.07) is 18.2. The summed E-state index contributed by atoms with van der Waals surface area (Å²) in [6.07, 6.45) is 0. The molecule has 0 aliphatic rings. The van der Waals surface area contributed by atoms with Crippen LogP contribution in [-0.4, -0.2) is 16.7 Å². The van der Waals surface area contributed by atoms with Crippen molar-refractivity contribution in [2.45, 2.75) is 0 Å². The highest BCUT2D eigenvalue weighted by molar-refractivity contribution is 6.33. The molecule has 0 aliphatic carbocycles. The van der Waals surface area contributed by atoms with E-state index in [9.17, 15) is 9.18 Å². The molecule has 0 bridgehead atoms. The number of nitrogens with zero attached hydrogens (tertiary/aromatic N) is 2. The van der Waals surface area contributed by atoms with Crippen molar-refractivity contribution >= 4 is 34.1 Å². The third kappa shape index (κ3) is 3.30. The van der Waals surface area contributed by atoms with Crippen LogP contribution < -0.4 is 15.6 Å². The molecular weight excluding hydrogens is 381 g/mol. The largest absolute Gasteiger partial charge is 0.497 e. The average molecular weight is 396 g/mol. The van der Waals surface area contributed by atoms with Gasteiger partial charge in [-0.05, 0) is 48.5 Å². The van der Waals surface area contributed by atoms with Crippen LogP contribution in [0.1, 0.15) is 0 Å². The zero-order valence-corrected chi connectivity index (χ0v) is 15.6. The number of anilines is 2. The van der Waals surface area contributed by atoms with E-state index in [1.807, 2.05) is 18.2 Å². The summed E-state index contributed by atoms with van der Waals surface area (Å²) in [5, 5.41) is 3.65. The molecule has 0 unspecified atom stereocenters. The Morgan fingerprint density at radius 3 is 2.57 bits per heavy atom. The Morgan fingerprint density at radius 2 is 1.86 bits per heavy atom. The number of nitrogens with one attached hydrogen (secondary N) is 1. The number of para-hydroxylation sites is 1. The maximum atomic E-state index is 13.4. The summed E-state index contributed by atoms with van der Waals surface area (Å²) < 4.78 is 20.1. The summed E-state index contributed by atoms with van der Waals surface area (Å²) in [5.74, 6) is 0.380. The number of rotatable bonds is 4. The molecule has 1 aromatic heterocycles. The first kappa shape index (κ1) is 18.0. The van der Waals surface area contributed by atoms with Crippen LogP contribution in [0, 0.1) is 5.82 Å². The third-order valence-electron chi connectivity index (χ3n) is 4.27. The Morgan fingerprint density at radius 1 is 1.07 bits per heavy atom. The molecule has 0 saturated heterocycles. The van der Waals surface area contributed by atoms with Crippen LogP contribution in [0.2, 0.25) is 5.02 Å². The van der Waals surface area contributed by atoms with Gasteiger partial charge in [-0.2, -0.15) is 0 Å². The molecule has 0 aliphatic heterocycles. The van der Waals surface area contributed by atoms with E-state index in [0.717, 1.165) is 0 Å². The summed E-state index contributed by atoms with van der Waals surface area (Å²) in [6.45, 7) is 0. The van der Waals surface area contributed by atoms with Gasteiger partial charge in [0.05, 0.1) is 34.4 Å². The summed E-state index contributed by atoms with van der Waals surface area (Å²) >= 11 is 6.14. The fraction of sp³-hybridized carbons (Fsp3) is 0.0476. The van der Waals surface area contributed by atoms with Crippen molar-refractivity contribution in [2.24, 2.45) is 0 Å². The van der Waals surface area contributed by atoms with E-state index in [1.54, 1.807) is 30.3 Å². The van der Waals surface area contributed by atoms with E-state index >= 15 is 0 Å². The van der Waals surface area contributed by atoms with E-state index in [1.165, 1.54) is 29.9 Å². The van der Waals surface area contributed by atoms with E-state index in [2.05, 4.69) is 10.3 Å². The fourth-order valence-corrected chi connectivity index (χ4v) is 3.12. The van der Waals surface area contributed by atoms with E-state index in [0.29, 0.717) is 28.0 Å². The lowest BCUT2D eigenvalue weighted by Gasteiger charge is -2.16. The molecule has 0 saturated carbocycles. The lowest BCUT2D eigenvalue weighted by atomic mass is 10.2. The Labute approximate surface area is 165 Å². The van der Waals surface area contributed by atoms with Gasteiger partial charge in [0, 0.05) is 0 Å². The van der Waals surface area contributed by atoms with Crippen molar-refractivity contribution in [3.05, 3.63) is 87.9 Å². The SMILES string of the molecule is COc1ccc2nc(Nc3ccc(F)cc3Cl)n(-c3ccccc3)c(=O)c2c1. The molecule has 1 heterocycles. The quantitative estimate of drug-likeness (QED) is 0.532. The standard InChI is InChI=1S/C21H15ClFN3O2/c1-28-15-8-10-18-16(12-15)20(27)26(14-5-3-2-4-6-14)21(24-18)25-19-9-7-13(23)11-17(19)22/h2-12H,1H3,(H,24,25). The van der Waals surface area contributed by atoms with Gasteiger partial charge >= 0.3 is 0 Å². The van der Waals surface area contributed by atoms with Crippen molar-refractivity contribution in [3.63, 3.8) is 0 Å². The van der Waals surface area contributed by atoms with Crippen molar-refractivity contribution < 1.29 is 9.13 Å². The highest BCUT2D eigenvalue weighted by Crippen LogP contribution is 2.27. The molecule has 4 rings (SSSR count). The zero-order chi connectivity index (χ0) is 19.7. The minimum atomic E-state index is -0.449. The minimum Gasteiger partial charge on any atom is -0.497 e. The van der Waals surface area contributed by atoms with Gasteiger partial charge in [0.15, 0.2) is 0 Å². The molecule has 1 N–H and O–H groups in total. The second-order valence-corrected chi connectivity index (χ2v) is 6.45. The highest BCUT2D eigenvalue weighted by Gasteiger charge is 2.15. The van der Waals surface area contributed by atoms with Crippen molar-refractivity contribution in [2.75, 3.05) is 12.4 Å². The minimum absolute atomic E-state index is 0.184. The van der Waals surface area contributed by atoms with Crippen LogP contribution in [0.4, 0.5) is 16.0 Å². The van der Waals surface area contributed by atoms with Gasteiger partial charge < -0.3 is 10.1 Å². The first-order valence-corrected chi connectivity index (χ1v) is 8.83. The number of aromatic nitrogens is 2. The number of benzene rings is 3. The van der Waals surface area contributed by atoms with Gasteiger partial charge in [-0.3, -0.25) is 4.79 Å². The average Bonchev–Trinajstić information content (AvgIpc) is 2.71. The fourth-order valence-electron chi connectivity index (χ4n) is 2.90. The lowest BCUT2D eigenvalue weighted by Crippen LogP contribution is -2.22. The molecule has 0 atom stereocenters. The molecule has 0 fully saturated rings. The third-order valence-corrected chi connectivity index (χ3v) is 4.58. The maximum absolute atomic E-state index is 13.4. The van der Waals surface area contributed by atoms with Crippen molar-refractivity contribution in [1.82, 2.24) is 9.55 Å². The van der Waals surface area contributed by atoms with Crippen LogP contribution in [0.5, 0.6) is 5.75 Å². The Kier molecular flexibility index (Phi) is 4.71. The van der Waals surface area contributed by atoms with Crippen molar-refractivity contribution in [1.29, 1.82) is 0 Å². The zero-order valence-electron chi connectivity index (χ0n) is 14.8.